The van der Waals surface area contributed by atoms with Gasteiger partial charge < -0.3 is 20.3 Å². The molecule has 2 aliphatic rings. The van der Waals surface area contributed by atoms with Crippen LogP contribution in [0, 0.1) is 5.92 Å². The van der Waals surface area contributed by atoms with E-state index < -0.39 is 0 Å². The van der Waals surface area contributed by atoms with E-state index >= 15 is 0 Å². The second-order valence-electron chi connectivity index (χ2n) is 7.41. The van der Waals surface area contributed by atoms with Crippen LogP contribution in [0.2, 0.25) is 0 Å². The minimum atomic E-state index is -0.166. The molecule has 1 aromatic heterocycles. The lowest BCUT2D eigenvalue weighted by molar-refractivity contribution is -0.140. The van der Waals surface area contributed by atoms with Gasteiger partial charge in [0.05, 0.1) is 18.3 Å². The van der Waals surface area contributed by atoms with Crippen LogP contribution in [-0.2, 0) is 22.5 Å². The first kappa shape index (κ1) is 19.7. The summed E-state index contributed by atoms with van der Waals surface area (Å²) in [6.45, 7) is 6.54. The quantitative estimate of drug-likeness (QED) is 0.701. The molecule has 1 fully saturated rings. The Hall–Kier alpha value is -2.09. The highest BCUT2D eigenvalue weighted by Gasteiger charge is 2.37. The number of carbonyl (C=O) groups is 2. The number of hydrogen-bond donors (Lipinski definition) is 3. The van der Waals surface area contributed by atoms with Crippen molar-refractivity contribution < 1.29 is 14.3 Å². The minimum Gasteiger partial charge on any atom is -0.376 e. The van der Waals surface area contributed by atoms with E-state index in [1.807, 2.05) is 18.0 Å². The number of hydrogen-bond acceptors (Lipinski definition) is 4. The first-order valence-corrected chi connectivity index (χ1v) is 10.1. The smallest absolute Gasteiger partial charge is 0.315 e. The Morgan fingerprint density at radius 3 is 3.00 bits per heavy atom. The van der Waals surface area contributed by atoms with Crippen molar-refractivity contribution in [2.24, 2.45) is 5.92 Å². The fourth-order valence-electron chi connectivity index (χ4n) is 4.02. The lowest BCUT2D eigenvalue weighted by Gasteiger charge is -2.38. The Labute approximate surface area is 160 Å². The van der Waals surface area contributed by atoms with E-state index in [0.29, 0.717) is 26.1 Å². The average Bonchev–Trinajstić information content (AvgIpc) is 3.14. The zero-order valence-electron chi connectivity index (χ0n) is 16.3. The van der Waals surface area contributed by atoms with E-state index in [9.17, 15) is 9.59 Å². The van der Waals surface area contributed by atoms with Crippen LogP contribution in [0.1, 0.15) is 50.8 Å². The zero-order chi connectivity index (χ0) is 19.2. The molecule has 3 amide bonds. The summed E-state index contributed by atoms with van der Waals surface area (Å²) in [6.07, 6.45) is 5.62. The molecule has 3 N–H and O–H groups in total. The molecule has 1 aliphatic carbocycles. The number of aromatic nitrogens is 2. The van der Waals surface area contributed by atoms with Gasteiger partial charge in [0.2, 0.25) is 5.91 Å². The van der Waals surface area contributed by atoms with Crippen LogP contribution in [0.5, 0.6) is 0 Å². The summed E-state index contributed by atoms with van der Waals surface area (Å²) in [5.74, 6) is 0.149. The number of ether oxygens (including phenoxy) is 1. The molecule has 150 valence electrons. The van der Waals surface area contributed by atoms with Gasteiger partial charge in [-0.05, 0) is 32.6 Å². The van der Waals surface area contributed by atoms with Crippen molar-refractivity contribution in [3.8, 4) is 0 Å². The van der Waals surface area contributed by atoms with Crippen molar-refractivity contribution >= 4 is 11.9 Å². The maximum Gasteiger partial charge on any atom is 0.315 e. The number of nitrogens with one attached hydrogen (secondary N) is 3. The lowest BCUT2D eigenvalue weighted by Crippen LogP contribution is -2.53. The highest BCUT2D eigenvalue weighted by molar-refractivity contribution is 5.79. The Bertz CT molecular complexity index is 647. The molecule has 0 bridgehead atoms. The molecule has 0 aromatic carbocycles. The third-order valence-electron chi connectivity index (χ3n) is 5.44. The van der Waals surface area contributed by atoms with Crippen LogP contribution in [0.3, 0.4) is 0 Å². The molecule has 0 radical (unpaired) electrons. The van der Waals surface area contributed by atoms with Crippen molar-refractivity contribution in [3.05, 3.63) is 17.5 Å². The highest BCUT2D eigenvalue weighted by atomic mass is 16.5. The van der Waals surface area contributed by atoms with Crippen LogP contribution >= 0.6 is 0 Å². The normalized spacial score (nSPS) is 25.0. The monoisotopic (exact) mass is 377 g/mol. The lowest BCUT2D eigenvalue weighted by atomic mass is 9.82. The molecule has 0 unspecified atom stereocenters. The molecule has 8 nitrogen and oxygen atoms in total. The third-order valence-corrected chi connectivity index (χ3v) is 5.44. The molecule has 27 heavy (non-hydrogen) atoms. The van der Waals surface area contributed by atoms with Crippen molar-refractivity contribution in [1.29, 1.82) is 0 Å². The summed E-state index contributed by atoms with van der Waals surface area (Å²) >= 11 is 0. The minimum absolute atomic E-state index is 0.0472. The van der Waals surface area contributed by atoms with E-state index in [1.54, 1.807) is 0 Å². The van der Waals surface area contributed by atoms with Gasteiger partial charge in [-0.1, -0.05) is 6.92 Å². The van der Waals surface area contributed by atoms with Crippen LogP contribution < -0.4 is 10.6 Å². The molecular formula is C19H31N5O3. The second-order valence-corrected chi connectivity index (χ2v) is 7.41. The summed E-state index contributed by atoms with van der Waals surface area (Å²) in [6, 6.07) is -0.213. The molecule has 3 rings (SSSR count). The van der Waals surface area contributed by atoms with Crippen molar-refractivity contribution in [3.63, 3.8) is 0 Å². The summed E-state index contributed by atoms with van der Waals surface area (Å²) in [7, 11) is 0. The van der Waals surface area contributed by atoms with Crippen molar-refractivity contribution in [2.75, 3.05) is 19.7 Å². The summed E-state index contributed by atoms with van der Waals surface area (Å²) in [5.41, 5.74) is 2.25. The largest absolute Gasteiger partial charge is 0.376 e. The standard InChI is InChI=1S/C19H31N5O3/c1-3-9-27-17-10-13(5-6-16(17)22-19(26)20-4-2)18(25)24-8-7-15-14(12-24)11-21-23-15/h11,13,16-17H,3-10,12H2,1-2H3,(H,21,23)(H2,20,22,26)/t13-,16+,17+/m0/s1. The molecule has 1 aliphatic heterocycles. The Morgan fingerprint density at radius 1 is 1.37 bits per heavy atom. The van der Waals surface area contributed by atoms with Crippen molar-refractivity contribution in [1.82, 2.24) is 25.7 Å². The van der Waals surface area contributed by atoms with Gasteiger partial charge in [0, 0.05) is 49.8 Å². The number of fused-ring (bicyclic) bond motifs is 1. The maximum absolute atomic E-state index is 13.1. The predicted octanol–water partition coefficient (Wildman–Crippen LogP) is 1.58. The van der Waals surface area contributed by atoms with E-state index in [4.69, 9.17) is 4.74 Å². The van der Waals surface area contributed by atoms with Crippen LogP contribution in [0.4, 0.5) is 4.79 Å². The second kappa shape index (κ2) is 9.21. The number of H-pyrrole nitrogens is 1. The zero-order valence-corrected chi connectivity index (χ0v) is 16.3. The number of rotatable bonds is 6. The van der Waals surface area contributed by atoms with Crippen LogP contribution in [0.15, 0.2) is 6.20 Å². The van der Waals surface area contributed by atoms with Crippen LogP contribution in [-0.4, -0.2) is 58.9 Å². The topological polar surface area (TPSA) is 99.3 Å². The fraction of sp³-hybridized carbons (Fsp3) is 0.737. The molecule has 8 heteroatoms. The Balaban J connectivity index is 1.60. The number of aromatic amines is 1. The average molecular weight is 377 g/mol. The first-order valence-electron chi connectivity index (χ1n) is 10.1. The van der Waals surface area contributed by atoms with E-state index in [-0.39, 0.29) is 30.0 Å². The third kappa shape index (κ3) is 4.80. The summed E-state index contributed by atoms with van der Waals surface area (Å²) in [4.78, 5) is 26.9. The summed E-state index contributed by atoms with van der Waals surface area (Å²) < 4.78 is 6.01. The molecule has 0 saturated heterocycles. The SMILES string of the molecule is CCCO[C@@H]1C[C@@H](C(=O)N2CCc3[nH]ncc3C2)CC[C@H]1NC(=O)NCC. The van der Waals surface area contributed by atoms with Gasteiger partial charge in [-0.2, -0.15) is 5.10 Å². The highest BCUT2D eigenvalue weighted by Crippen LogP contribution is 2.30. The van der Waals surface area contributed by atoms with Crippen molar-refractivity contribution in [2.45, 2.75) is 64.6 Å². The van der Waals surface area contributed by atoms with Gasteiger partial charge in [0.15, 0.2) is 0 Å². The molecule has 2 heterocycles. The van der Waals surface area contributed by atoms with Gasteiger partial charge in [-0.25, -0.2) is 4.79 Å². The van der Waals surface area contributed by atoms with Gasteiger partial charge in [0.25, 0.3) is 0 Å². The molecule has 1 aromatic rings. The Kier molecular flexibility index (Phi) is 6.71. The van der Waals surface area contributed by atoms with Gasteiger partial charge in [0.1, 0.15) is 0 Å². The fourth-order valence-corrected chi connectivity index (χ4v) is 4.02. The Morgan fingerprint density at radius 2 is 2.22 bits per heavy atom. The molecule has 0 spiro atoms. The summed E-state index contributed by atoms with van der Waals surface area (Å²) in [5, 5.41) is 12.9. The molecule has 3 atom stereocenters. The number of urea groups is 1. The molecule has 1 saturated carbocycles. The first-order chi connectivity index (χ1) is 13.1. The number of amides is 3. The number of carbonyl (C=O) groups excluding carboxylic acids is 2. The van der Waals surface area contributed by atoms with Gasteiger partial charge in [-0.3, -0.25) is 9.89 Å². The molecular weight excluding hydrogens is 346 g/mol. The maximum atomic E-state index is 13.1. The van der Waals surface area contributed by atoms with Gasteiger partial charge in [-0.15, -0.1) is 0 Å². The van der Waals surface area contributed by atoms with Crippen LogP contribution in [0.25, 0.3) is 0 Å². The van der Waals surface area contributed by atoms with Gasteiger partial charge >= 0.3 is 6.03 Å². The number of nitrogens with zero attached hydrogens (tertiary/aromatic N) is 2. The van der Waals surface area contributed by atoms with E-state index in [1.165, 1.54) is 0 Å². The van der Waals surface area contributed by atoms with E-state index in [0.717, 1.165) is 43.5 Å². The van der Waals surface area contributed by atoms with E-state index in [2.05, 4.69) is 27.8 Å². The predicted molar refractivity (Wildman–Crippen MR) is 101 cm³/mol.